The van der Waals surface area contributed by atoms with Crippen LogP contribution < -0.4 is 5.73 Å². The van der Waals surface area contributed by atoms with Gasteiger partial charge in [-0.1, -0.05) is 26.0 Å². The SMILES string of the molecule is CC1(C)CC1(N)c1cccc(Br)c1O. The molecule has 0 saturated heterocycles. The number of benzene rings is 1. The molecule has 0 bridgehead atoms. The molecule has 0 heterocycles. The lowest BCUT2D eigenvalue weighted by Gasteiger charge is -2.17. The van der Waals surface area contributed by atoms with Gasteiger partial charge in [-0.05, 0) is 33.8 Å². The minimum absolute atomic E-state index is 0.0886. The average Bonchev–Trinajstić information content (AvgIpc) is 2.58. The topological polar surface area (TPSA) is 46.2 Å². The molecule has 0 aromatic heterocycles. The van der Waals surface area contributed by atoms with E-state index in [1.54, 1.807) is 0 Å². The van der Waals surface area contributed by atoms with Crippen LogP contribution >= 0.6 is 15.9 Å². The van der Waals surface area contributed by atoms with Crippen LogP contribution in [0, 0.1) is 5.41 Å². The minimum atomic E-state index is -0.360. The molecule has 1 unspecified atom stereocenters. The molecule has 3 N–H and O–H groups in total. The van der Waals surface area contributed by atoms with E-state index in [9.17, 15) is 5.11 Å². The van der Waals surface area contributed by atoms with Crippen LogP contribution in [0.5, 0.6) is 5.75 Å². The van der Waals surface area contributed by atoms with Crippen LogP contribution in [0.1, 0.15) is 25.8 Å². The van der Waals surface area contributed by atoms with Crippen LogP contribution in [-0.2, 0) is 5.54 Å². The maximum atomic E-state index is 9.88. The van der Waals surface area contributed by atoms with Crippen LogP contribution in [0.3, 0.4) is 0 Å². The Labute approximate surface area is 92.3 Å². The van der Waals surface area contributed by atoms with Gasteiger partial charge in [0.05, 0.1) is 10.0 Å². The molecule has 0 aliphatic heterocycles. The highest BCUT2D eigenvalue weighted by Gasteiger charge is 2.60. The number of para-hydroxylation sites is 1. The highest BCUT2D eigenvalue weighted by molar-refractivity contribution is 9.10. The van der Waals surface area contributed by atoms with Crippen LogP contribution in [0.2, 0.25) is 0 Å². The largest absolute Gasteiger partial charge is 0.506 e. The smallest absolute Gasteiger partial charge is 0.134 e. The summed E-state index contributed by atoms with van der Waals surface area (Å²) in [6.07, 6.45) is 0.921. The molecule has 0 amide bonds. The second-order valence-corrected chi connectivity index (χ2v) is 5.52. The third-order valence-electron chi connectivity index (χ3n) is 3.27. The molecular weight excluding hydrogens is 242 g/mol. The lowest BCUT2D eigenvalue weighted by atomic mass is 9.96. The molecule has 1 atom stereocenters. The lowest BCUT2D eigenvalue weighted by molar-refractivity contribution is 0.436. The third-order valence-corrected chi connectivity index (χ3v) is 3.91. The van der Waals surface area contributed by atoms with Crippen molar-refractivity contribution in [2.24, 2.45) is 11.1 Å². The summed E-state index contributed by atoms with van der Waals surface area (Å²) in [5.74, 6) is 0.278. The summed E-state index contributed by atoms with van der Waals surface area (Å²) in [6, 6.07) is 5.62. The van der Waals surface area contributed by atoms with E-state index in [4.69, 9.17) is 5.73 Å². The fraction of sp³-hybridized carbons (Fsp3) is 0.455. The molecule has 1 saturated carbocycles. The number of nitrogens with two attached hydrogens (primary N) is 1. The van der Waals surface area contributed by atoms with Crippen molar-refractivity contribution in [1.82, 2.24) is 0 Å². The molecule has 1 aromatic carbocycles. The van der Waals surface area contributed by atoms with Crippen molar-refractivity contribution in [1.29, 1.82) is 0 Å². The number of hydrogen-bond donors (Lipinski definition) is 2. The molecule has 1 aliphatic rings. The Balaban J connectivity index is 2.49. The number of halogens is 1. The van der Waals surface area contributed by atoms with E-state index in [0.29, 0.717) is 4.47 Å². The fourth-order valence-corrected chi connectivity index (χ4v) is 2.35. The second-order valence-electron chi connectivity index (χ2n) is 4.67. The molecule has 1 aliphatic carbocycles. The zero-order valence-electron chi connectivity index (χ0n) is 8.34. The van der Waals surface area contributed by atoms with Gasteiger partial charge in [-0.3, -0.25) is 0 Å². The van der Waals surface area contributed by atoms with E-state index < -0.39 is 0 Å². The van der Waals surface area contributed by atoms with Crippen molar-refractivity contribution in [2.45, 2.75) is 25.8 Å². The first-order valence-corrected chi connectivity index (χ1v) is 5.45. The zero-order chi connectivity index (χ0) is 10.6. The first-order valence-electron chi connectivity index (χ1n) is 4.65. The summed E-state index contributed by atoms with van der Waals surface area (Å²) in [6.45, 7) is 4.24. The molecule has 76 valence electrons. The van der Waals surface area contributed by atoms with Gasteiger partial charge >= 0.3 is 0 Å². The van der Waals surface area contributed by atoms with Gasteiger partial charge in [0.15, 0.2) is 0 Å². The molecule has 14 heavy (non-hydrogen) atoms. The molecule has 2 rings (SSSR count). The number of phenols is 1. The van der Waals surface area contributed by atoms with E-state index in [0.717, 1.165) is 12.0 Å². The van der Waals surface area contributed by atoms with Crippen molar-refractivity contribution in [2.75, 3.05) is 0 Å². The molecule has 0 spiro atoms. The third kappa shape index (κ3) is 1.19. The van der Waals surface area contributed by atoms with E-state index in [1.807, 2.05) is 18.2 Å². The van der Waals surface area contributed by atoms with Gasteiger partial charge in [-0.25, -0.2) is 0 Å². The van der Waals surface area contributed by atoms with Crippen LogP contribution in [-0.4, -0.2) is 5.11 Å². The average molecular weight is 256 g/mol. The van der Waals surface area contributed by atoms with E-state index in [2.05, 4.69) is 29.8 Å². The summed E-state index contributed by atoms with van der Waals surface area (Å²) < 4.78 is 0.711. The van der Waals surface area contributed by atoms with Gasteiger partial charge in [-0.15, -0.1) is 0 Å². The molecule has 3 heteroatoms. The van der Waals surface area contributed by atoms with Crippen LogP contribution in [0.4, 0.5) is 0 Å². The molecular formula is C11H14BrNO. The van der Waals surface area contributed by atoms with Crippen molar-refractivity contribution in [3.05, 3.63) is 28.2 Å². The number of rotatable bonds is 1. The summed E-state index contributed by atoms with van der Waals surface area (Å²) in [5, 5.41) is 9.88. The maximum absolute atomic E-state index is 9.88. The van der Waals surface area contributed by atoms with Crippen molar-refractivity contribution in [3.8, 4) is 5.75 Å². The minimum Gasteiger partial charge on any atom is -0.506 e. The van der Waals surface area contributed by atoms with Crippen LogP contribution in [0.15, 0.2) is 22.7 Å². The lowest BCUT2D eigenvalue weighted by Crippen LogP contribution is -2.25. The number of hydrogen-bond acceptors (Lipinski definition) is 2. The predicted molar refractivity (Wildman–Crippen MR) is 60.1 cm³/mol. The number of aromatic hydroxyl groups is 1. The Kier molecular flexibility index (Phi) is 1.95. The summed E-state index contributed by atoms with van der Waals surface area (Å²) in [4.78, 5) is 0. The fourth-order valence-electron chi connectivity index (χ4n) is 1.99. The number of phenolic OH excluding ortho intramolecular Hbond substituents is 1. The first kappa shape index (κ1) is 9.99. The quantitative estimate of drug-likeness (QED) is 0.811. The molecule has 1 aromatic rings. The predicted octanol–water partition coefficient (Wildman–Crippen LogP) is 2.74. The summed E-state index contributed by atoms with van der Waals surface area (Å²) in [5.41, 5.74) is 6.81. The zero-order valence-corrected chi connectivity index (χ0v) is 9.93. The standard InChI is InChI=1S/C11H14BrNO/c1-10(2)6-11(10,13)7-4-3-5-8(12)9(7)14/h3-5,14H,6,13H2,1-2H3. The van der Waals surface area contributed by atoms with Gasteiger partial charge in [0, 0.05) is 5.56 Å². The Bertz CT molecular complexity index is 389. The van der Waals surface area contributed by atoms with E-state index in [1.165, 1.54) is 0 Å². The van der Waals surface area contributed by atoms with Crippen molar-refractivity contribution in [3.63, 3.8) is 0 Å². The van der Waals surface area contributed by atoms with Crippen LogP contribution in [0.25, 0.3) is 0 Å². The van der Waals surface area contributed by atoms with Crippen molar-refractivity contribution < 1.29 is 5.11 Å². The Morgan fingerprint density at radius 2 is 2.00 bits per heavy atom. The molecule has 2 nitrogen and oxygen atoms in total. The Morgan fingerprint density at radius 3 is 2.50 bits per heavy atom. The highest BCUT2D eigenvalue weighted by atomic mass is 79.9. The molecule has 1 fully saturated rings. The van der Waals surface area contributed by atoms with Gasteiger partial charge in [0.25, 0.3) is 0 Å². The van der Waals surface area contributed by atoms with E-state index in [-0.39, 0.29) is 16.7 Å². The summed E-state index contributed by atoms with van der Waals surface area (Å²) in [7, 11) is 0. The van der Waals surface area contributed by atoms with Gasteiger partial charge in [0.1, 0.15) is 5.75 Å². The summed E-state index contributed by atoms with van der Waals surface area (Å²) >= 11 is 3.30. The van der Waals surface area contributed by atoms with E-state index >= 15 is 0 Å². The molecule has 0 radical (unpaired) electrons. The first-order chi connectivity index (χ1) is 6.38. The van der Waals surface area contributed by atoms with Gasteiger partial charge in [-0.2, -0.15) is 0 Å². The Hall–Kier alpha value is -0.540. The normalized spacial score (nSPS) is 28.9. The maximum Gasteiger partial charge on any atom is 0.134 e. The second kappa shape index (κ2) is 2.74. The van der Waals surface area contributed by atoms with Gasteiger partial charge < -0.3 is 10.8 Å². The van der Waals surface area contributed by atoms with Crippen molar-refractivity contribution >= 4 is 15.9 Å². The Morgan fingerprint density at radius 1 is 1.43 bits per heavy atom. The monoisotopic (exact) mass is 255 g/mol. The van der Waals surface area contributed by atoms with Gasteiger partial charge in [0.2, 0.25) is 0 Å². The highest BCUT2D eigenvalue weighted by Crippen LogP contribution is 2.62.